The monoisotopic (exact) mass is 379 g/mol. The first kappa shape index (κ1) is 17.2. The van der Waals surface area contributed by atoms with E-state index in [1.807, 2.05) is 47.9 Å². The average molecular weight is 379 g/mol. The molecule has 0 bridgehead atoms. The maximum atomic E-state index is 4.82. The molecule has 9 heteroatoms. The molecular formula is C19H25N9. The number of rotatable bonds is 4. The lowest BCUT2D eigenvalue weighted by Gasteiger charge is -2.33. The van der Waals surface area contributed by atoms with Gasteiger partial charge in [0.05, 0.1) is 0 Å². The number of fused-ring (bicyclic) bond motifs is 1. The van der Waals surface area contributed by atoms with E-state index in [2.05, 4.69) is 30.0 Å². The Labute approximate surface area is 164 Å². The fourth-order valence-corrected chi connectivity index (χ4v) is 3.86. The highest BCUT2D eigenvalue weighted by molar-refractivity contribution is 5.47. The van der Waals surface area contributed by atoms with Gasteiger partial charge in [0, 0.05) is 52.4 Å². The zero-order chi connectivity index (χ0) is 19.1. The molecular weight excluding hydrogens is 354 g/mol. The van der Waals surface area contributed by atoms with Crippen LogP contribution in [0, 0.1) is 0 Å². The van der Waals surface area contributed by atoms with E-state index >= 15 is 0 Å². The van der Waals surface area contributed by atoms with Gasteiger partial charge in [-0.2, -0.15) is 9.50 Å². The van der Waals surface area contributed by atoms with Crippen LogP contribution >= 0.6 is 0 Å². The Bertz CT molecular complexity index is 970. The first-order valence-corrected chi connectivity index (χ1v) is 9.92. The second kappa shape index (κ2) is 6.88. The summed E-state index contributed by atoms with van der Waals surface area (Å²) in [5.41, 5.74) is 0.827. The van der Waals surface area contributed by atoms with Crippen LogP contribution in [0.4, 0.5) is 17.6 Å². The smallest absolute Gasteiger partial charge is 0.226 e. The minimum Gasteiger partial charge on any atom is -0.356 e. The molecule has 3 aromatic rings. The van der Waals surface area contributed by atoms with Gasteiger partial charge in [-0.1, -0.05) is 0 Å². The minimum atomic E-state index is 0.362. The van der Waals surface area contributed by atoms with Crippen molar-refractivity contribution in [1.29, 1.82) is 0 Å². The normalized spacial score (nSPS) is 17.8. The average Bonchev–Trinajstić information content (AvgIpc) is 3.10. The summed E-state index contributed by atoms with van der Waals surface area (Å²) in [6.07, 6.45) is 5.10. The minimum absolute atomic E-state index is 0.362. The van der Waals surface area contributed by atoms with E-state index in [9.17, 15) is 0 Å². The van der Waals surface area contributed by atoms with Gasteiger partial charge < -0.3 is 14.7 Å². The van der Waals surface area contributed by atoms with E-state index in [0.29, 0.717) is 5.92 Å². The van der Waals surface area contributed by atoms with Crippen LogP contribution < -0.4 is 14.7 Å². The molecule has 0 N–H and O–H groups in total. The zero-order valence-electron chi connectivity index (χ0n) is 16.4. The molecule has 0 spiro atoms. The van der Waals surface area contributed by atoms with E-state index in [4.69, 9.17) is 5.10 Å². The van der Waals surface area contributed by atoms with E-state index in [-0.39, 0.29) is 0 Å². The maximum Gasteiger partial charge on any atom is 0.226 e. The summed E-state index contributed by atoms with van der Waals surface area (Å²) in [6, 6.07) is 6.06. The summed E-state index contributed by atoms with van der Waals surface area (Å²) in [4.78, 5) is 15.5. The number of hydrogen-bond acceptors (Lipinski definition) is 8. The van der Waals surface area contributed by atoms with Gasteiger partial charge in [-0.25, -0.2) is 4.98 Å². The first-order chi connectivity index (χ1) is 13.7. The molecule has 5 heterocycles. The molecule has 2 fully saturated rings. The van der Waals surface area contributed by atoms with Crippen LogP contribution in [0.3, 0.4) is 0 Å². The molecule has 2 aliphatic rings. The Kier molecular flexibility index (Phi) is 4.22. The molecule has 0 atom stereocenters. The largest absolute Gasteiger partial charge is 0.356 e. The highest BCUT2D eigenvalue weighted by Crippen LogP contribution is 2.29. The summed E-state index contributed by atoms with van der Waals surface area (Å²) < 4.78 is 1.95. The van der Waals surface area contributed by atoms with Crippen molar-refractivity contribution in [3.63, 3.8) is 0 Å². The van der Waals surface area contributed by atoms with Crippen molar-refractivity contribution in [3.05, 3.63) is 30.2 Å². The van der Waals surface area contributed by atoms with Gasteiger partial charge in [0.2, 0.25) is 5.95 Å². The third-order valence-electron chi connectivity index (χ3n) is 5.67. The van der Waals surface area contributed by atoms with Crippen molar-refractivity contribution in [2.45, 2.75) is 25.2 Å². The highest BCUT2D eigenvalue weighted by atomic mass is 15.4. The second-order valence-electron chi connectivity index (χ2n) is 7.73. The number of piperidine rings is 1. The molecule has 0 aliphatic carbocycles. The van der Waals surface area contributed by atoms with Crippen molar-refractivity contribution >= 4 is 23.2 Å². The van der Waals surface area contributed by atoms with E-state index < -0.39 is 0 Å². The topological polar surface area (TPSA) is 78.6 Å². The Morgan fingerprint density at radius 2 is 1.71 bits per heavy atom. The van der Waals surface area contributed by atoms with Gasteiger partial charge in [-0.15, -0.1) is 15.3 Å². The summed E-state index contributed by atoms with van der Waals surface area (Å²) in [5, 5.41) is 13.6. The predicted octanol–water partition coefficient (Wildman–Crippen LogP) is 1.57. The Morgan fingerprint density at radius 1 is 0.929 bits per heavy atom. The van der Waals surface area contributed by atoms with Crippen LogP contribution in [0.25, 0.3) is 5.65 Å². The third-order valence-corrected chi connectivity index (χ3v) is 5.67. The van der Waals surface area contributed by atoms with Gasteiger partial charge in [0.1, 0.15) is 11.6 Å². The molecule has 0 aromatic carbocycles. The second-order valence-corrected chi connectivity index (χ2v) is 7.73. The lowest BCUT2D eigenvalue weighted by Crippen LogP contribution is -2.38. The van der Waals surface area contributed by atoms with Gasteiger partial charge >= 0.3 is 0 Å². The Balaban J connectivity index is 1.33. The Hall–Kier alpha value is -2.97. The number of hydrogen-bond donors (Lipinski definition) is 0. The number of nitrogens with zero attached hydrogens (tertiary/aromatic N) is 9. The Morgan fingerprint density at radius 3 is 2.43 bits per heavy atom. The van der Waals surface area contributed by atoms with Crippen LogP contribution in [-0.2, 0) is 0 Å². The fourth-order valence-electron chi connectivity index (χ4n) is 3.86. The summed E-state index contributed by atoms with van der Waals surface area (Å²) in [7, 11) is 3.92. The summed E-state index contributed by atoms with van der Waals surface area (Å²) >= 11 is 0. The predicted molar refractivity (Wildman–Crippen MR) is 108 cm³/mol. The number of anilines is 3. The summed E-state index contributed by atoms with van der Waals surface area (Å²) in [5.74, 6) is 4.09. The lowest BCUT2D eigenvalue weighted by atomic mass is 9.96. The molecule has 28 heavy (non-hydrogen) atoms. The molecule has 5 rings (SSSR count). The standard InChI is InChI=1S/C19H25N9/c1-25(2)19-20-9-6-15(21-19)27-12-7-14(8-13-27)18-23-22-16-4-5-17(24-28(16)18)26-10-3-11-26/h4-6,9,14H,3,7-8,10-13H2,1-2H3. The molecule has 0 saturated carbocycles. The lowest BCUT2D eigenvalue weighted by molar-refractivity contribution is 0.474. The van der Waals surface area contributed by atoms with Crippen molar-refractivity contribution in [3.8, 4) is 0 Å². The zero-order valence-corrected chi connectivity index (χ0v) is 16.4. The van der Waals surface area contributed by atoms with Crippen LogP contribution in [0.15, 0.2) is 24.4 Å². The van der Waals surface area contributed by atoms with Gasteiger partial charge in [-0.3, -0.25) is 0 Å². The maximum absolute atomic E-state index is 4.82. The molecule has 146 valence electrons. The van der Waals surface area contributed by atoms with E-state index in [0.717, 1.165) is 68.1 Å². The van der Waals surface area contributed by atoms with Crippen LogP contribution in [0.5, 0.6) is 0 Å². The van der Waals surface area contributed by atoms with E-state index in [1.54, 1.807) is 0 Å². The number of aromatic nitrogens is 6. The van der Waals surface area contributed by atoms with Crippen LogP contribution in [0.2, 0.25) is 0 Å². The van der Waals surface area contributed by atoms with Crippen molar-refractivity contribution < 1.29 is 0 Å². The molecule has 2 aliphatic heterocycles. The van der Waals surface area contributed by atoms with E-state index in [1.165, 1.54) is 6.42 Å². The molecule has 0 radical (unpaired) electrons. The SMILES string of the molecule is CN(C)c1nccc(N2CCC(c3nnc4ccc(N5CCC5)nn34)CC2)n1. The highest BCUT2D eigenvalue weighted by Gasteiger charge is 2.26. The molecule has 2 saturated heterocycles. The van der Waals surface area contributed by atoms with Crippen molar-refractivity contribution in [2.75, 3.05) is 55.0 Å². The van der Waals surface area contributed by atoms with Gasteiger partial charge in [0.15, 0.2) is 11.5 Å². The van der Waals surface area contributed by atoms with Crippen LogP contribution in [0.1, 0.15) is 31.0 Å². The van der Waals surface area contributed by atoms with Gasteiger partial charge in [0.25, 0.3) is 0 Å². The molecule has 0 unspecified atom stereocenters. The van der Waals surface area contributed by atoms with Gasteiger partial charge in [-0.05, 0) is 37.5 Å². The van der Waals surface area contributed by atoms with Crippen molar-refractivity contribution in [1.82, 2.24) is 29.8 Å². The van der Waals surface area contributed by atoms with Crippen LogP contribution in [-0.4, -0.2) is 70.1 Å². The quantitative estimate of drug-likeness (QED) is 0.676. The molecule has 0 amide bonds. The third kappa shape index (κ3) is 3.00. The molecule has 3 aromatic heterocycles. The summed E-state index contributed by atoms with van der Waals surface area (Å²) in [6.45, 7) is 4.05. The van der Waals surface area contributed by atoms with Crippen molar-refractivity contribution in [2.24, 2.45) is 0 Å². The fraction of sp³-hybridized carbons (Fsp3) is 0.526. The molecule has 9 nitrogen and oxygen atoms in total. The first-order valence-electron chi connectivity index (χ1n) is 9.92.